The van der Waals surface area contributed by atoms with Crippen LogP contribution in [0.1, 0.15) is 17.9 Å². The highest BCUT2D eigenvalue weighted by molar-refractivity contribution is 5.39. The quantitative estimate of drug-likeness (QED) is 0.661. The van der Waals surface area contributed by atoms with Crippen molar-refractivity contribution in [3.63, 3.8) is 0 Å². The zero-order valence-electron chi connectivity index (χ0n) is 11.7. The van der Waals surface area contributed by atoms with Crippen molar-refractivity contribution in [1.29, 1.82) is 0 Å². The van der Waals surface area contributed by atoms with Gasteiger partial charge in [0.05, 0.1) is 13.2 Å². The fourth-order valence-electron chi connectivity index (χ4n) is 2.31. The lowest BCUT2D eigenvalue weighted by Gasteiger charge is -2.10. The summed E-state index contributed by atoms with van der Waals surface area (Å²) >= 11 is 0. The molecule has 1 unspecified atom stereocenters. The molecule has 0 amide bonds. The second-order valence-corrected chi connectivity index (χ2v) is 4.85. The van der Waals surface area contributed by atoms with Gasteiger partial charge in [0.15, 0.2) is 0 Å². The van der Waals surface area contributed by atoms with Crippen molar-refractivity contribution < 1.29 is 9.47 Å². The van der Waals surface area contributed by atoms with Crippen molar-refractivity contribution in [2.24, 2.45) is 0 Å². The molecule has 0 aliphatic carbocycles. The van der Waals surface area contributed by atoms with E-state index in [0.717, 1.165) is 51.6 Å². The number of benzene rings is 1. The van der Waals surface area contributed by atoms with Crippen molar-refractivity contribution >= 4 is 0 Å². The predicted octanol–water partition coefficient (Wildman–Crippen LogP) is 1.38. The molecule has 1 heterocycles. The lowest BCUT2D eigenvalue weighted by molar-refractivity contribution is 0.199. The molecule has 4 heteroatoms. The molecule has 0 radical (unpaired) electrons. The van der Waals surface area contributed by atoms with E-state index in [1.54, 1.807) is 7.11 Å². The van der Waals surface area contributed by atoms with Crippen LogP contribution >= 0.6 is 0 Å². The summed E-state index contributed by atoms with van der Waals surface area (Å²) in [6.45, 7) is 5.59. The summed E-state index contributed by atoms with van der Waals surface area (Å²) in [6, 6.07) is 8.33. The highest BCUT2D eigenvalue weighted by Gasteiger charge is 2.22. The van der Waals surface area contributed by atoms with Crippen molar-refractivity contribution in [3.8, 4) is 5.75 Å². The Morgan fingerprint density at radius 3 is 2.95 bits per heavy atom. The van der Waals surface area contributed by atoms with E-state index in [1.807, 2.05) is 6.07 Å². The number of nitrogens with one attached hydrogen (secondary N) is 2. The number of hydrogen-bond donors (Lipinski definition) is 2. The van der Waals surface area contributed by atoms with Crippen LogP contribution in [0.25, 0.3) is 0 Å². The average Bonchev–Trinajstić information content (AvgIpc) is 2.85. The molecule has 4 nitrogen and oxygen atoms in total. The van der Waals surface area contributed by atoms with E-state index in [9.17, 15) is 0 Å². The van der Waals surface area contributed by atoms with Crippen LogP contribution in [0.4, 0.5) is 0 Å². The van der Waals surface area contributed by atoms with Gasteiger partial charge >= 0.3 is 0 Å². The molecular weight excluding hydrogens is 240 g/mol. The summed E-state index contributed by atoms with van der Waals surface area (Å²) in [5.74, 6) is 1.55. The molecule has 1 aromatic rings. The van der Waals surface area contributed by atoms with Gasteiger partial charge < -0.3 is 20.1 Å². The number of hydrogen-bond acceptors (Lipinski definition) is 4. The summed E-state index contributed by atoms with van der Waals surface area (Å²) in [5, 5.41) is 6.85. The second kappa shape index (κ2) is 8.15. The molecule has 0 saturated heterocycles. The van der Waals surface area contributed by atoms with E-state index in [-0.39, 0.29) is 0 Å². The molecule has 1 atom stereocenters. The Morgan fingerprint density at radius 1 is 1.21 bits per heavy atom. The molecule has 0 saturated carbocycles. The zero-order valence-corrected chi connectivity index (χ0v) is 11.7. The van der Waals surface area contributed by atoms with Gasteiger partial charge in [0.2, 0.25) is 0 Å². The number of methoxy groups -OCH3 is 1. The Morgan fingerprint density at radius 2 is 2.05 bits per heavy atom. The molecule has 2 rings (SSSR count). The molecule has 0 aromatic heterocycles. The molecule has 0 spiro atoms. The van der Waals surface area contributed by atoms with Crippen molar-refractivity contribution in [1.82, 2.24) is 10.6 Å². The number of rotatable bonds is 9. The monoisotopic (exact) mass is 264 g/mol. The summed E-state index contributed by atoms with van der Waals surface area (Å²) in [7, 11) is 1.73. The molecule has 0 bridgehead atoms. The minimum Gasteiger partial charge on any atom is -0.493 e. The van der Waals surface area contributed by atoms with Crippen LogP contribution in [-0.4, -0.2) is 46.5 Å². The third-order valence-electron chi connectivity index (χ3n) is 3.38. The fourth-order valence-corrected chi connectivity index (χ4v) is 2.31. The highest BCUT2D eigenvalue weighted by atomic mass is 16.5. The minimum absolute atomic E-state index is 0.498. The summed E-state index contributed by atoms with van der Waals surface area (Å²) in [4.78, 5) is 0. The third kappa shape index (κ3) is 4.49. The number of ether oxygens (including phenoxy) is 2. The molecule has 2 N–H and O–H groups in total. The van der Waals surface area contributed by atoms with Gasteiger partial charge in [0.25, 0.3) is 0 Å². The van der Waals surface area contributed by atoms with Gasteiger partial charge in [-0.05, 0) is 25.6 Å². The van der Waals surface area contributed by atoms with Gasteiger partial charge in [-0.1, -0.05) is 18.2 Å². The van der Waals surface area contributed by atoms with Crippen LogP contribution in [0, 0.1) is 0 Å². The first kappa shape index (κ1) is 14.3. The van der Waals surface area contributed by atoms with Gasteiger partial charge in [-0.2, -0.15) is 0 Å². The molecule has 1 aliphatic heterocycles. The van der Waals surface area contributed by atoms with E-state index in [0.29, 0.717) is 5.92 Å². The van der Waals surface area contributed by atoms with Gasteiger partial charge in [0.1, 0.15) is 5.75 Å². The molecular formula is C15H24N2O2. The van der Waals surface area contributed by atoms with Crippen LogP contribution in [0.2, 0.25) is 0 Å². The van der Waals surface area contributed by atoms with E-state index in [1.165, 1.54) is 5.56 Å². The molecule has 1 aliphatic rings. The van der Waals surface area contributed by atoms with E-state index in [2.05, 4.69) is 28.8 Å². The van der Waals surface area contributed by atoms with Crippen LogP contribution < -0.4 is 15.4 Å². The van der Waals surface area contributed by atoms with Gasteiger partial charge in [-0.15, -0.1) is 0 Å². The SMILES string of the molecule is COCCNCCCNCC1COc2ccccc21. The standard InChI is InChI=1S/C15H24N2O2/c1-18-10-9-16-7-4-8-17-11-13-12-19-15-6-3-2-5-14(13)15/h2-3,5-6,13,16-17H,4,7-12H2,1H3. The van der Waals surface area contributed by atoms with Gasteiger partial charge in [-0.3, -0.25) is 0 Å². The Balaban J connectivity index is 1.55. The van der Waals surface area contributed by atoms with Crippen LogP contribution in [0.3, 0.4) is 0 Å². The average molecular weight is 264 g/mol. The molecule has 19 heavy (non-hydrogen) atoms. The largest absolute Gasteiger partial charge is 0.493 e. The smallest absolute Gasteiger partial charge is 0.122 e. The van der Waals surface area contributed by atoms with Gasteiger partial charge in [0, 0.05) is 31.7 Å². The summed E-state index contributed by atoms with van der Waals surface area (Å²) in [5.41, 5.74) is 1.34. The summed E-state index contributed by atoms with van der Waals surface area (Å²) < 4.78 is 10.6. The maximum Gasteiger partial charge on any atom is 0.122 e. The van der Waals surface area contributed by atoms with Crippen LogP contribution in [0.15, 0.2) is 24.3 Å². The van der Waals surface area contributed by atoms with E-state index < -0.39 is 0 Å². The van der Waals surface area contributed by atoms with Crippen LogP contribution in [-0.2, 0) is 4.74 Å². The number of para-hydroxylation sites is 1. The van der Waals surface area contributed by atoms with Crippen LogP contribution in [0.5, 0.6) is 5.75 Å². The highest BCUT2D eigenvalue weighted by Crippen LogP contribution is 2.32. The Labute approximate surface area is 115 Å². The molecule has 1 aromatic carbocycles. The Hall–Kier alpha value is -1.10. The summed E-state index contributed by atoms with van der Waals surface area (Å²) in [6.07, 6.45) is 1.14. The third-order valence-corrected chi connectivity index (χ3v) is 3.38. The van der Waals surface area contributed by atoms with Crippen molar-refractivity contribution in [2.75, 3.05) is 46.5 Å². The molecule has 106 valence electrons. The zero-order chi connectivity index (χ0) is 13.3. The van der Waals surface area contributed by atoms with E-state index >= 15 is 0 Å². The van der Waals surface area contributed by atoms with E-state index in [4.69, 9.17) is 9.47 Å². The topological polar surface area (TPSA) is 42.5 Å². The van der Waals surface area contributed by atoms with Crippen molar-refractivity contribution in [3.05, 3.63) is 29.8 Å². The maximum atomic E-state index is 5.67. The van der Waals surface area contributed by atoms with Gasteiger partial charge in [-0.25, -0.2) is 0 Å². The normalized spacial score (nSPS) is 17.2. The predicted molar refractivity (Wildman–Crippen MR) is 76.9 cm³/mol. The number of fused-ring (bicyclic) bond motifs is 1. The van der Waals surface area contributed by atoms with Crippen molar-refractivity contribution in [2.45, 2.75) is 12.3 Å². The lowest BCUT2D eigenvalue weighted by Crippen LogP contribution is -2.27. The Kier molecular flexibility index (Phi) is 6.14. The first-order chi connectivity index (χ1) is 9.42. The minimum atomic E-state index is 0.498. The fraction of sp³-hybridized carbons (Fsp3) is 0.600. The Bertz CT molecular complexity index is 371. The lowest BCUT2D eigenvalue weighted by atomic mass is 10.0. The first-order valence-corrected chi connectivity index (χ1v) is 7.04. The maximum absolute atomic E-state index is 5.67. The first-order valence-electron chi connectivity index (χ1n) is 7.04. The molecule has 0 fully saturated rings. The second-order valence-electron chi connectivity index (χ2n) is 4.85.